The van der Waals surface area contributed by atoms with Crippen LogP contribution in [0.4, 0.5) is 4.39 Å². The van der Waals surface area contributed by atoms with E-state index in [0.717, 1.165) is 31.0 Å². The summed E-state index contributed by atoms with van der Waals surface area (Å²) in [7, 11) is 0. The molecule has 0 amide bonds. The molecule has 18 heavy (non-hydrogen) atoms. The molecule has 1 aromatic carbocycles. The highest BCUT2D eigenvalue weighted by Crippen LogP contribution is 2.47. The van der Waals surface area contributed by atoms with Crippen LogP contribution in [0.1, 0.15) is 32.3 Å². The molecule has 0 saturated heterocycles. The first-order chi connectivity index (χ1) is 8.55. The zero-order valence-corrected chi connectivity index (χ0v) is 11.9. The molecule has 1 aliphatic rings. The predicted molar refractivity (Wildman–Crippen MR) is 74.5 cm³/mol. The van der Waals surface area contributed by atoms with Crippen LogP contribution in [0.15, 0.2) is 18.2 Å². The van der Waals surface area contributed by atoms with E-state index in [4.69, 9.17) is 11.6 Å². The van der Waals surface area contributed by atoms with E-state index in [2.05, 4.69) is 19.2 Å². The van der Waals surface area contributed by atoms with E-state index in [1.165, 1.54) is 12.8 Å². The summed E-state index contributed by atoms with van der Waals surface area (Å²) in [5.41, 5.74) is 1.28. The molecule has 0 bridgehead atoms. The van der Waals surface area contributed by atoms with Crippen LogP contribution in [0, 0.1) is 17.2 Å². The van der Waals surface area contributed by atoms with E-state index in [0.29, 0.717) is 0 Å². The molecule has 2 rings (SSSR count). The third-order valence-corrected chi connectivity index (χ3v) is 4.24. The van der Waals surface area contributed by atoms with Gasteiger partial charge in [-0.2, -0.15) is 0 Å². The summed E-state index contributed by atoms with van der Waals surface area (Å²) < 4.78 is 13.5. The molecule has 3 heteroatoms. The normalized spacial score (nSPS) is 18.7. The van der Waals surface area contributed by atoms with Gasteiger partial charge in [-0.15, -0.1) is 0 Å². The standard InChI is InChI=1S/C15H21ClFN/c1-3-18-10-15(2,12-5-6-12)9-11-4-7-13(16)14(17)8-11/h4,7-8,12,18H,3,5-6,9-10H2,1-2H3. The van der Waals surface area contributed by atoms with Crippen molar-refractivity contribution in [2.24, 2.45) is 11.3 Å². The van der Waals surface area contributed by atoms with E-state index in [9.17, 15) is 4.39 Å². The highest BCUT2D eigenvalue weighted by atomic mass is 35.5. The molecular formula is C15H21ClFN. The minimum absolute atomic E-state index is 0.207. The molecule has 1 fully saturated rings. The van der Waals surface area contributed by atoms with Gasteiger partial charge in [0, 0.05) is 6.54 Å². The van der Waals surface area contributed by atoms with Crippen molar-refractivity contribution in [2.75, 3.05) is 13.1 Å². The van der Waals surface area contributed by atoms with Crippen LogP contribution < -0.4 is 5.32 Å². The highest BCUT2D eigenvalue weighted by Gasteiger charge is 2.40. The highest BCUT2D eigenvalue weighted by molar-refractivity contribution is 6.30. The quantitative estimate of drug-likeness (QED) is 0.822. The monoisotopic (exact) mass is 269 g/mol. The number of halogens is 2. The Morgan fingerprint density at radius 1 is 1.44 bits per heavy atom. The van der Waals surface area contributed by atoms with Crippen molar-refractivity contribution in [3.05, 3.63) is 34.6 Å². The fraction of sp³-hybridized carbons (Fsp3) is 0.600. The van der Waals surface area contributed by atoms with Gasteiger partial charge in [0.1, 0.15) is 5.82 Å². The van der Waals surface area contributed by atoms with E-state index in [1.807, 2.05) is 6.07 Å². The maximum atomic E-state index is 13.5. The molecule has 0 radical (unpaired) electrons. The predicted octanol–water partition coefficient (Wildman–Crippen LogP) is 4.05. The molecule has 1 saturated carbocycles. The topological polar surface area (TPSA) is 12.0 Å². The molecule has 1 atom stereocenters. The Morgan fingerprint density at radius 3 is 2.72 bits per heavy atom. The lowest BCUT2D eigenvalue weighted by Crippen LogP contribution is -2.35. The van der Waals surface area contributed by atoms with Gasteiger partial charge in [0.2, 0.25) is 0 Å². The zero-order chi connectivity index (χ0) is 13.2. The average Bonchev–Trinajstić information content (AvgIpc) is 3.16. The van der Waals surface area contributed by atoms with Gasteiger partial charge in [-0.25, -0.2) is 4.39 Å². The lowest BCUT2D eigenvalue weighted by molar-refractivity contribution is 0.257. The molecule has 0 spiro atoms. The lowest BCUT2D eigenvalue weighted by atomic mass is 9.79. The van der Waals surface area contributed by atoms with Crippen molar-refractivity contribution in [1.82, 2.24) is 5.32 Å². The van der Waals surface area contributed by atoms with Crippen molar-refractivity contribution in [3.8, 4) is 0 Å². The number of nitrogens with one attached hydrogen (secondary N) is 1. The summed E-state index contributed by atoms with van der Waals surface area (Å²) in [6.45, 7) is 6.41. The molecule has 0 aliphatic heterocycles. The molecule has 1 aromatic rings. The number of rotatable bonds is 6. The molecule has 1 unspecified atom stereocenters. The summed E-state index contributed by atoms with van der Waals surface area (Å²) in [4.78, 5) is 0. The number of benzene rings is 1. The molecule has 0 heterocycles. The van der Waals surface area contributed by atoms with E-state index < -0.39 is 0 Å². The van der Waals surface area contributed by atoms with Crippen LogP contribution in [-0.2, 0) is 6.42 Å². The van der Waals surface area contributed by atoms with Crippen molar-refractivity contribution in [2.45, 2.75) is 33.1 Å². The lowest BCUT2D eigenvalue weighted by Gasteiger charge is -2.30. The zero-order valence-electron chi connectivity index (χ0n) is 11.1. The Kier molecular flexibility index (Phi) is 4.29. The van der Waals surface area contributed by atoms with Gasteiger partial charge in [-0.05, 0) is 54.8 Å². The molecular weight excluding hydrogens is 249 g/mol. The first kappa shape index (κ1) is 13.8. The third kappa shape index (κ3) is 3.24. The van der Waals surface area contributed by atoms with E-state index >= 15 is 0 Å². The van der Waals surface area contributed by atoms with Gasteiger partial charge in [-0.1, -0.05) is 31.5 Å². The van der Waals surface area contributed by atoms with Crippen LogP contribution in [0.25, 0.3) is 0 Å². The summed E-state index contributed by atoms with van der Waals surface area (Å²) in [6, 6.07) is 5.18. The second-order valence-electron chi connectivity index (χ2n) is 5.63. The molecule has 100 valence electrons. The maximum absolute atomic E-state index is 13.5. The maximum Gasteiger partial charge on any atom is 0.142 e. The number of hydrogen-bond acceptors (Lipinski definition) is 1. The third-order valence-electron chi connectivity index (χ3n) is 3.93. The van der Waals surface area contributed by atoms with Gasteiger partial charge in [0.15, 0.2) is 0 Å². The Hall–Kier alpha value is -0.600. The van der Waals surface area contributed by atoms with Crippen LogP contribution in [0.2, 0.25) is 5.02 Å². The summed E-state index contributed by atoms with van der Waals surface area (Å²) in [5, 5.41) is 3.64. The largest absolute Gasteiger partial charge is 0.316 e. The van der Waals surface area contributed by atoms with Crippen molar-refractivity contribution >= 4 is 11.6 Å². The second-order valence-corrected chi connectivity index (χ2v) is 6.04. The minimum Gasteiger partial charge on any atom is -0.316 e. The Labute approximate surface area is 114 Å². The van der Waals surface area contributed by atoms with Gasteiger partial charge in [-0.3, -0.25) is 0 Å². The Bertz CT molecular complexity index is 417. The Morgan fingerprint density at radius 2 is 2.17 bits per heavy atom. The molecule has 0 aromatic heterocycles. The van der Waals surface area contributed by atoms with Gasteiger partial charge < -0.3 is 5.32 Å². The molecule has 1 N–H and O–H groups in total. The SMILES string of the molecule is CCNCC(C)(Cc1ccc(Cl)c(F)c1)C1CC1. The molecule has 1 aliphatic carbocycles. The van der Waals surface area contributed by atoms with Gasteiger partial charge in [0.25, 0.3) is 0 Å². The first-order valence-corrected chi connectivity index (χ1v) is 7.07. The number of hydrogen-bond donors (Lipinski definition) is 1. The van der Waals surface area contributed by atoms with E-state index in [-0.39, 0.29) is 16.3 Å². The van der Waals surface area contributed by atoms with Gasteiger partial charge >= 0.3 is 0 Å². The van der Waals surface area contributed by atoms with Crippen LogP contribution in [-0.4, -0.2) is 13.1 Å². The smallest absolute Gasteiger partial charge is 0.142 e. The van der Waals surface area contributed by atoms with Crippen molar-refractivity contribution in [3.63, 3.8) is 0 Å². The fourth-order valence-corrected chi connectivity index (χ4v) is 2.78. The van der Waals surface area contributed by atoms with Crippen LogP contribution >= 0.6 is 11.6 Å². The molecule has 1 nitrogen and oxygen atoms in total. The summed E-state index contributed by atoms with van der Waals surface area (Å²) in [6.07, 6.45) is 3.52. The second kappa shape index (κ2) is 5.58. The van der Waals surface area contributed by atoms with Crippen LogP contribution in [0.3, 0.4) is 0 Å². The minimum atomic E-state index is -0.309. The fourth-order valence-electron chi connectivity index (χ4n) is 2.66. The first-order valence-electron chi connectivity index (χ1n) is 6.70. The van der Waals surface area contributed by atoms with Crippen LogP contribution in [0.5, 0.6) is 0 Å². The average molecular weight is 270 g/mol. The summed E-state index contributed by atoms with van der Waals surface area (Å²) >= 11 is 5.72. The summed E-state index contributed by atoms with van der Waals surface area (Å²) in [5.74, 6) is 0.464. The van der Waals surface area contributed by atoms with Crippen molar-refractivity contribution in [1.29, 1.82) is 0 Å². The Balaban J connectivity index is 2.10. The van der Waals surface area contributed by atoms with Crippen molar-refractivity contribution < 1.29 is 4.39 Å². The van der Waals surface area contributed by atoms with E-state index in [1.54, 1.807) is 12.1 Å². The van der Waals surface area contributed by atoms with Gasteiger partial charge in [0.05, 0.1) is 5.02 Å².